The van der Waals surface area contributed by atoms with E-state index in [-0.39, 0.29) is 17.4 Å². The Labute approximate surface area is 121 Å². The van der Waals surface area contributed by atoms with E-state index in [0.29, 0.717) is 13.1 Å². The molecule has 20 heavy (non-hydrogen) atoms. The molecule has 108 valence electrons. The molecule has 0 radical (unpaired) electrons. The lowest BCUT2D eigenvalue weighted by atomic mass is 9.88. The number of hydrogen-bond acceptors (Lipinski definition) is 2. The quantitative estimate of drug-likeness (QED) is 0.858. The molecule has 3 heteroatoms. The Kier molecular flexibility index (Phi) is 4.29. The van der Waals surface area contributed by atoms with Crippen LogP contribution in [0.3, 0.4) is 0 Å². The van der Waals surface area contributed by atoms with Crippen LogP contribution in [0.4, 0.5) is 0 Å². The highest BCUT2D eigenvalue weighted by molar-refractivity contribution is 5.85. The smallest absolute Gasteiger partial charge is 0.232 e. The third kappa shape index (κ3) is 2.93. The summed E-state index contributed by atoms with van der Waals surface area (Å²) in [4.78, 5) is 14.8. The maximum absolute atomic E-state index is 12.9. The zero-order valence-corrected chi connectivity index (χ0v) is 12.6. The Morgan fingerprint density at radius 1 is 1.45 bits per heavy atom. The molecule has 3 nitrogen and oxygen atoms in total. The van der Waals surface area contributed by atoms with Crippen molar-refractivity contribution in [2.75, 3.05) is 13.1 Å². The number of fused-ring (bicyclic) bond motifs is 1. The van der Waals surface area contributed by atoms with E-state index in [2.05, 4.69) is 44.8 Å². The highest BCUT2D eigenvalue weighted by Crippen LogP contribution is 2.28. The van der Waals surface area contributed by atoms with Gasteiger partial charge in [-0.05, 0) is 31.9 Å². The summed E-state index contributed by atoms with van der Waals surface area (Å²) in [6, 6.07) is 8.21. The maximum Gasteiger partial charge on any atom is 0.232 e. The van der Waals surface area contributed by atoms with Crippen molar-refractivity contribution in [1.82, 2.24) is 10.2 Å². The number of benzene rings is 1. The fraction of sp³-hybridized carbons (Fsp3) is 0.471. The van der Waals surface area contributed by atoms with E-state index in [1.54, 1.807) is 6.08 Å². The summed E-state index contributed by atoms with van der Waals surface area (Å²) in [5.41, 5.74) is 2.19. The molecule has 2 rings (SSSR count). The van der Waals surface area contributed by atoms with Crippen LogP contribution in [-0.2, 0) is 11.3 Å². The average Bonchev–Trinajstić information content (AvgIpc) is 2.42. The van der Waals surface area contributed by atoms with Crippen LogP contribution in [0, 0.1) is 0 Å². The molecule has 1 aliphatic heterocycles. The van der Waals surface area contributed by atoms with Gasteiger partial charge in [0, 0.05) is 25.2 Å². The van der Waals surface area contributed by atoms with Gasteiger partial charge in [-0.15, -0.1) is 6.58 Å². The minimum Gasteiger partial charge on any atom is -0.334 e. The lowest BCUT2D eigenvalue weighted by Gasteiger charge is -2.39. The SMILES string of the molecule is C=CCN(C(=O)C1CNCc2ccccc21)C(C)(C)C. The lowest BCUT2D eigenvalue weighted by Crippen LogP contribution is -2.50. The number of carbonyl (C=O) groups excluding carboxylic acids is 1. The Morgan fingerprint density at radius 2 is 2.15 bits per heavy atom. The van der Waals surface area contributed by atoms with Crippen molar-refractivity contribution in [3.8, 4) is 0 Å². The summed E-state index contributed by atoms with van der Waals surface area (Å²) in [5, 5.41) is 3.35. The van der Waals surface area contributed by atoms with E-state index >= 15 is 0 Å². The molecule has 1 heterocycles. The molecule has 0 aliphatic carbocycles. The van der Waals surface area contributed by atoms with Gasteiger partial charge in [-0.1, -0.05) is 30.3 Å². The topological polar surface area (TPSA) is 32.3 Å². The van der Waals surface area contributed by atoms with E-state index < -0.39 is 0 Å². The van der Waals surface area contributed by atoms with Gasteiger partial charge >= 0.3 is 0 Å². The minimum absolute atomic E-state index is 0.0980. The first-order chi connectivity index (χ1) is 9.45. The first-order valence-corrected chi connectivity index (χ1v) is 7.16. The van der Waals surface area contributed by atoms with Crippen LogP contribution in [0.25, 0.3) is 0 Å². The zero-order chi connectivity index (χ0) is 14.8. The van der Waals surface area contributed by atoms with Gasteiger partial charge in [0.1, 0.15) is 0 Å². The van der Waals surface area contributed by atoms with Crippen molar-refractivity contribution in [3.63, 3.8) is 0 Å². The summed E-state index contributed by atoms with van der Waals surface area (Å²) in [6.07, 6.45) is 1.80. The predicted octanol–water partition coefficient (Wildman–Crippen LogP) is 2.69. The number of rotatable bonds is 3. The van der Waals surface area contributed by atoms with Gasteiger partial charge in [-0.25, -0.2) is 0 Å². The van der Waals surface area contributed by atoms with Crippen LogP contribution < -0.4 is 5.32 Å². The Balaban J connectivity index is 2.31. The van der Waals surface area contributed by atoms with Crippen LogP contribution in [-0.4, -0.2) is 29.4 Å². The summed E-state index contributed by atoms with van der Waals surface area (Å²) in [6.45, 7) is 12.1. The van der Waals surface area contributed by atoms with Gasteiger partial charge < -0.3 is 10.2 Å². The highest BCUT2D eigenvalue weighted by atomic mass is 16.2. The molecule has 0 aromatic heterocycles. The van der Waals surface area contributed by atoms with Crippen LogP contribution in [0.15, 0.2) is 36.9 Å². The third-order valence-corrected chi connectivity index (χ3v) is 3.78. The zero-order valence-electron chi connectivity index (χ0n) is 12.6. The normalized spacial score (nSPS) is 18.2. The average molecular weight is 272 g/mol. The molecule has 1 N–H and O–H groups in total. The van der Waals surface area contributed by atoms with Crippen molar-refractivity contribution < 1.29 is 4.79 Å². The van der Waals surface area contributed by atoms with E-state index in [9.17, 15) is 4.79 Å². The fourth-order valence-corrected chi connectivity index (χ4v) is 2.73. The summed E-state index contributed by atoms with van der Waals surface area (Å²) < 4.78 is 0. The lowest BCUT2D eigenvalue weighted by molar-refractivity contribution is -0.136. The van der Waals surface area contributed by atoms with Gasteiger partial charge in [0.15, 0.2) is 0 Å². The second-order valence-corrected chi connectivity index (χ2v) is 6.29. The number of amides is 1. The van der Waals surface area contributed by atoms with Crippen LogP contribution >= 0.6 is 0 Å². The van der Waals surface area contributed by atoms with Crippen molar-refractivity contribution >= 4 is 5.91 Å². The molecule has 0 bridgehead atoms. The highest BCUT2D eigenvalue weighted by Gasteiger charge is 2.33. The summed E-state index contributed by atoms with van der Waals surface area (Å²) in [7, 11) is 0. The fourth-order valence-electron chi connectivity index (χ4n) is 2.73. The Hall–Kier alpha value is -1.61. The third-order valence-electron chi connectivity index (χ3n) is 3.78. The van der Waals surface area contributed by atoms with Crippen LogP contribution in [0.1, 0.15) is 37.8 Å². The first kappa shape index (κ1) is 14.8. The first-order valence-electron chi connectivity index (χ1n) is 7.16. The molecular weight excluding hydrogens is 248 g/mol. The molecule has 0 saturated carbocycles. The molecule has 1 aromatic carbocycles. The number of carbonyl (C=O) groups is 1. The number of hydrogen-bond donors (Lipinski definition) is 1. The summed E-state index contributed by atoms with van der Waals surface area (Å²) >= 11 is 0. The standard InChI is InChI=1S/C17H24N2O/c1-5-10-19(17(2,3)4)16(20)15-12-18-11-13-8-6-7-9-14(13)15/h5-9,15,18H,1,10-12H2,2-4H3. The largest absolute Gasteiger partial charge is 0.334 e. The second kappa shape index (κ2) is 5.80. The monoisotopic (exact) mass is 272 g/mol. The summed E-state index contributed by atoms with van der Waals surface area (Å²) in [5.74, 6) is 0.0798. The van der Waals surface area contributed by atoms with Crippen LogP contribution in [0.2, 0.25) is 0 Å². The van der Waals surface area contributed by atoms with E-state index in [1.807, 2.05) is 17.0 Å². The van der Waals surface area contributed by atoms with Gasteiger partial charge in [-0.3, -0.25) is 4.79 Å². The molecule has 1 aliphatic rings. The van der Waals surface area contributed by atoms with Gasteiger partial charge in [0.05, 0.1) is 5.92 Å². The van der Waals surface area contributed by atoms with Gasteiger partial charge in [-0.2, -0.15) is 0 Å². The number of nitrogens with one attached hydrogen (secondary N) is 1. The minimum atomic E-state index is -0.197. The molecule has 0 spiro atoms. The van der Waals surface area contributed by atoms with E-state index in [0.717, 1.165) is 12.1 Å². The predicted molar refractivity (Wildman–Crippen MR) is 82.6 cm³/mol. The second-order valence-electron chi connectivity index (χ2n) is 6.29. The molecule has 1 atom stereocenters. The Morgan fingerprint density at radius 3 is 2.80 bits per heavy atom. The molecule has 0 saturated heterocycles. The molecular formula is C17H24N2O. The van der Waals surface area contributed by atoms with Gasteiger partial charge in [0.25, 0.3) is 0 Å². The maximum atomic E-state index is 12.9. The van der Waals surface area contributed by atoms with Crippen LogP contribution in [0.5, 0.6) is 0 Å². The molecule has 1 unspecified atom stereocenters. The van der Waals surface area contributed by atoms with Gasteiger partial charge in [0.2, 0.25) is 5.91 Å². The van der Waals surface area contributed by atoms with E-state index in [4.69, 9.17) is 0 Å². The van der Waals surface area contributed by atoms with Crippen molar-refractivity contribution in [3.05, 3.63) is 48.0 Å². The Bertz CT molecular complexity index is 502. The van der Waals surface area contributed by atoms with Crippen molar-refractivity contribution in [1.29, 1.82) is 0 Å². The molecule has 1 amide bonds. The molecule has 1 aromatic rings. The van der Waals surface area contributed by atoms with Crippen molar-refractivity contribution in [2.45, 2.75) is 38.8 Å². The van der Waals surface area contributed by atoms with Crippen molar-refractivity contribution in [2.24, 2.45) is 0 Å². The van der Waals surface area contributed by atoms with E-state index in [1.165, 1.54) is 5.56 Å². The molecule has 0 fully saturated rings. The number of nitrogens with zero attached hydrogens (tertiary/aromatic N) is 1.